The highest BCUT2D eigenvalue weighted by Gasteiger charge is 2.13. The molecular weight excluding hydrogens is 208 g/mol. The molecular formula is C10H18N4S. The topological polar surface area (TPSA) is 49.8 Å². The van der Waals surface area contributed by atoms with Gasteiger partial charge in [0, 0.05) is 24.5 Å². The van der Waals surface area contributed by atoms with Crippen molar-refractivity contribution in [1.82, 2.24) is 14.7 Å². The van der Waals surface area contributed by atoms with E-state index in [1.54, 1.807) is 0 Å². The lowest BCUT2D eigenvalue weighted by atomic mass is 9.98. The van der Waals surface area contributed by atoms with Crippen molar-refractivity contribution in [2.75, 3.05) is 25.0 Å². The Kier molecular flexibility index (Phi) is 3.91. The van der Waals surface area contributed by atoms with Crippen molar-refractivity contribution in [3.05, 3.63) is 5.82 Å². The van der Waals surface area contributed by atoms with Gasteiger partial charge in [-0.2, -0.15) is 4.37 Å². The van der Waals surface area contributed by atoms with Gasteiger partial charge in [-0.15, -0.1) is 0 Å². The van der Waals surface area contributed by atoms with E-state index in [1.165, 1.54) is 24.4 Å². The zero-order chi connectivity index (χ0) is 10.5. The Hall–Kier alpha value is -0.680. The fourth-order valence-corrected chi connectivity index (χ4v) is 2.44. The number of hydrogen-bond acceptors (Lipinski definition) is 5. The molecule has 0 aliphatic carbocycles. The molecule has 1 aromatic heterocycles. The molecule has 0 bridgehead atoms. The van der Waals surface area contributed by atoms with Crippen molar-refractivity contribution in [3.8, 4) is 0 Å². The predicted octanol–water partition coefficient (Wildman–Crippen LogP) is 1.51. The summed E-state index contributed by atoms with van der Waals surface area (Å²) in [6, 6.07) is 0. The van der Waals surface area contributed by atoms with Gasteiger partial charge in [-0.1, -0.05) is 6.92 Å². The number of anilines is 1. The first kappa shape index (κ1) is 10.8. The molecule has 2 heterocycles. The molecule has 1 aliphatic rings. The first-order chi connectivity index (χ1) is 7.38. The highest BCUT2D eigenvalue weighted by Crippen LogP contribution is 2.15. The van der Waals surface area contributed by atoms with Crippen molar-refractivity contribution in [3.63, 3.8) is 0 Å². The van der Waals surface area contributed by atoms with Gasteiger partial charge in [-0.3, -0.25) is 0 Å². The largest absolute Gasteiger partial charge is 0.360 e. The van der Waals surface area contributed by atoms with Crippen LogP contribution in [0, 0.1) is 5.92 Å². The van der Waals surface area contributed by atoms with Gasteiger partial charge in [-0.05, 0) is 31.8 Å². The molecule has 1 saturated heterocycles. The van der Waals surface area contributed by atoms with Crippen molar-refractivity contribution < 1.29 is 0 Å². The Morgan fingerprint density at radius 2 is 2.27 bits per heavy atom. The Morgan fingerprint density at radius 3 is 2.93 bits per heavy atom. The Bertz CT molecular complexity index is 293. The second-order valence-electron chi connectivity index (χ2n) is 3.94. The van der Waals surface area contributed by atoms with Crippen LogP contribution in [-0.4, -0.2) is 29.0 Å². The minimum atomic E-state index is 0.792. The molecule has 0 spiro atoms. The van der Waals surface area contributed by atoms with Crippen molar-refractivity contribution in [2.24, 2.45) is 5.92 Å². The summed E-state index contributed by atoms with van der Waals surface area (Å²) in [6.45, 7) is 5.43. The second-order valence-corrected chi connectivity index (χ2v) is 4.70. The molecule has 84 valence electrons. The van der Waals surface area contributed by atoms with Crippen LogP contribution in [0.4, 0.5) is 5.13 Å². The lowest BCUT2D eigenvalue weighted by Crippen LogP contribution is -2.31. The standard InChI is InChI=1S/C10H18N4S/c1-2-9-13-10(15-14-9)12-7-8-3-5-11-6-4-8/h8,11H,2-7H2,1H3,(H,12,13,14). The van der Waals surface area contributed by atoms with Crippen LogP contribution in [0.1, 0.15) is 25.6 Å². The lowest BCUT2D eigenvalue weighted by molar-refractivity contribution is 0.390. The number of aryl methyl sites for hydroxylation is 1. The van der Waals surface area contributed by atoms with Gasteiger partial charge in [0.05, 0.1) is 0 Å². The van der Waals surface area contributed by atoms with Crippen LogP contribution in [-0.2, 0) is 6.42 Å². The average molecular weight is 226 g/mol. The van der Waals surface area contributed by atoms with Crippen LogP contribution >= 0.6 is 11.5 Å². The fraction of sp³-hybridized carbons (Fsp3) is 0.800. The van der Waals surface area contributed by atoms with E-state index in [2.05, 4.69) is 26.9 Å². The maximum Gasteiger partial charge on any atom is 0.202 e. The summed E-state index contributed by atoms with van der Waals surface area (Å²) < 4.78 is 4.25. The summed E-state index contributed by atoms with van der Waals surface area (Å²) in [5, 5.41) is 7.74. The van der Waals surface area contributed by atoms with Crippen LogP contribution in [0.15, 0.2) is 0 Å². The third-order valence-corrected chi connectivity index (χ3v) is 3.50. The summed E-state index contributed by atoms with van der Waals surface area (Å²) in [6.07, 6.45) is 3.46. The second kappa shape index (κ2) is 5.42. The molecule has 5 heteroatoms. The summed E-state index contributed by atoms with van der Waals surface area (Å²) in [5.41, 5.74) is 0. The molecule has 15 heavy (non-hydrogen) atoms. The van der Waals surface area contributed by atoms with E-state index in [0.29, 0.717) is 0 Å². The van der Waals surface area contributed by atoms with Gasteiger partial charge < -0.3 is 10.6 Å². The van der Waals surface area contributed by atoms with Gasteiger partial charge in [-0.25, -0.2) is 4.98 Å². The summed E-state index contributed by atoms with van der Waals surface area (Å²) in [5.74, 6) is 1.74. The number of nitrogens with zero attached hydrogens (tertiary/aromatic N) is 2. The third kappa shape index (κ3) is 3.14. The SMILES string of the molecule is CCc1nsc(NCC2CCNCC2)n1. The molecule has 1 aliphatic heterocycles. The molecule has 0 atom stereocenters. The average Bonchev–Trinajstić information content (AvgIpc) is 2.76. The van der Waals surface area contributed by atoms with Gasteiger partial charge in [0.15, 0.2) is 0 Å². The van der Waals surface area contributed by atoms with Gasteiger partial charge >= 0.3 is 0 Å². The fourth-order valence-electron chi connectivity index (χ4n) is 1.79. The monoisotopic (exact) mass is 226 g/mol. The third-order valence-electron chi connectivity index (χ3n) is 2.79. The summed E-state index contributed by atoms with van der Waals surface area (Å²) >= 11 is 1.47. The molecule has 0 aromatic carbocycles. The number of nitrogens with one attached hydrogen (secondary N) is 2. The normalized spacial score (nSPS) is 17.9. The van der Waals surface area contributed by atoms with Crippen molar-refractivity contribution in [1.29, 1.82) is 0 Å². The number of rotatable bonds is 4. The number of hydrogen-bond donors (Lipinski definition) is 2. The van der Waals surface area contributed by atoms with Crippen LogP contribution in [0.2, 0.25) is 0 Å². The Balaban J connectivity index is 1.76. The molecule has 0 unspecified atom stereocenters. The van der Waals surface area contributed by atoms with E-state index in [0.717, 1.165) is 42.9 Å². The van der Waals surface area contributed by atoms with E-state index in [9.17, 15) is 0 Å². The van der Waals surface area contributed by atoms with Gasteiger partial charge in [0.25, 0.3) is 0 Å². The molecule has 0 radical (unpaired) electrons. The maximum atomic E-state index is 4.39. The lowest BCUT2D eigenvalue weighted by Gasteiger charge is -2.22. The van der Waals surface area contributed by atoms with Gasteiger partial charge in [0.2, 0.25) is 5.13 Å². The highest BCUT2D eigenvalue weighted by atomic mass is 32.1. The molecule has 0 saturated carbocycles. The zero-order valence-corrected chi connectivity index (χ0v) is 9.94. The predicted molar refractivity (Wildman–Crippen MR) is 63.4 cm³/mol. The maximum absolute atomic E-state index is 4.39. The zero-order valence-electron chi connectivity index (χ0n) is 9.12. The molecule has 0 amide bonds. The van der Waals surface area contributed by atoms with Crippen LogP contribution in [0.3, 0.4) is 0 Å². The number of aromatic nitrogens is 2. The van der Waals surface area contributed by atoms with Crippen LogP contribution < -0.4 is 10.6 Å². The van der Waals surface area contributed by atoms with Crippen LogP contribution in [0.25, 0.3) is 0 Å². The van der Waals surface area contributed by atoms with Gasteiger partial charge in [0.1, 0.15) is 5.82 Å². The summed E-state index contributed by atoms with van der Waals surface area (Å²) in [7, 11) is 0. The number of piperidine rings is 1. The molecule has 1 aromatic rings. The van der Waals surface area contributed by atoms with Crippen molar-refractivity contribution in [2.45, 2.75) is 26.2 Å². The van der Waals surface area contributed by atoms with E-state index in [4.69, 9.17) is 0 Å². The molecule has 2 N–H and O–H groups in total. The Labute approximate surface area is 94.7 Å². The first-order valence-electron chi connectivity index (χ1n) is 5.65. The van der Waals surface area contributed by atoms with E-state index in [1.807, 2.05) is 0 Å². The van der Waals surface area contributed by atoms with E-state index < -0.39 is 0 Å². The van der Waals surface area contributed by atoms with Crippen molar-refractivity contribution >= 4 is 16.7 Å². The van der Waals surface area contributed by atoms with Crippen LogP contribution in [0.5, 0.6) is 0 Å². The smallest absolute Gasteiger partial charge is 0.202 e. The van der Waals surface area contributed by atoms with E-state index >= 15 is 0 Å². The summed E-state index contributed by atoms with van der Waals surface area (Å²) in [4.78, 5) is 4.39. The highest BCUT2D eigenvalue weighted by molar-refractivity contribution is 7.09. The molecule has 1 fully saturated rings. The van der Waals surface area contributed by atoms with E-state index in [-0.39, 0.29) is 0 Å². The minimum absolute atomic E-state index is 0.792. The minimum Gasteiger partial charge on any atom is -0.360 e. The molecule has 4 nitrogen and oxygen atoms in total. The quantitative estimate of drug-likeness (QED) is 0.817. The molecule has 2 rings (SSSR count). The first-order valence-corrected chi connectivity index (χ1v) is 6.43. The Morgan fingerprint density at radius 1 is 1.47 bits per heavy atom.